The molecule has 1 aromatic carbocycles. The number of carbonyl (C=O) groups excluding carboxylic acids is 1. The monoisotopic (exact) mass is 276 g/mol. The second-order valence-electron chi connectivity index (χ2n) is 5.85. The standard InChI is InChI=1S/C16H24N2O2/c1-12-5-6-14(9-13(12)2)18-15(20)10-17-16(11-19)7-3-4-8-16/h5-6,9,17,19H,3-4,7-8,10-11H2,1-2H3,(H,18,20). The zero-order valence-corrected chi connectivity index (χ0v) is 12.3. The molecule has 2 rings (SSSR count). The van der Waals surface area contributed by atoms with Crippen molar-refractivity contribution in [3.05, 3.63) is 29.3 Å². The Kier molecular flexibility index (Phi) is 4.78. The Balaban J connectivity index is 1.87. The molecule has 0 radical (unpaired) electrons. The van der Waals surface area contributed by atoms with Gasteiger partial charge in [0.15, 0.2) is 0 Å². The Hall–Kier alpha value is -1.39. The minimum atomic E-state index is -0.249. The summed E-state index contributed by atoms with van der Waals surface area (Å²) in [5.74, 6) is -0.0621. The van der Waals surface area contributed by atoms with Gasteiger partial charge in [0.1, 0.15) is 0 Å². The van der Waals surface area contributed by atoms with Crippen molar-refractivity contribution < 1.29 is 9.90 Å². The van der Waals surface area contributed by atoms with Crippen molar-refractivity contribution in [3.63, 3.8) is 0 Å². The lowest BCUT2D eigenvalue weighted by Crippen LogP contribution is -2.49. The maximum absolute atomic E-state index is 12.0. The Morgan fingerprint density at radius 3 is 2.55 bits per heavy atom. The second-order valence-corrected chi connectivity index (χ2v) is 5.85. The predicted octanol–water partition coefficient (Wildman–Crippen LogP) is 2.14. The summed E-state index contributed by atoms with van der Waals surface area (Å²) in [7, 11) is 0. The quantitative estimate of drug-likeness (QED) is 0.772. The van der Waals surface area contributed by atoms with E-state index >= 15 is 0 Å². The van der Waals surface area contributed by atoms with Crippen molar-refractivity contribution in [1.82, 2.24) is 5.32 Å². The van der Waals surface area contributed by atoms with Gasteiger partial charge < -0.3 is 15.7 Å². The van der Waals surface area contributed by atoms with Crippen LogP contribution in [0.2, 0.25) is 0 Å². The first-order valence-electron chi connectivity index (χ1n) is 7.28. The van der Waals surface area contributed by atoms with E-state index in [1.807, 2.05) is 32.0 Å². The fourth-order valence-corrected chi connectivity index (χ4v) is 2.73. The van der Waals surface area contributed by atoms with Gasteiger partial charge in [-0.25, -0.2) is 0 Å². The van der Waals surface area contributed by atoms with Crippen molar-refractivity contribution in [3.8, 4) is 0 Å². The fraction of sp³-hybridized carbons (Fsp3) is 0.562. The molecule has 1 aliphatic rings. The summed E-state index contributed by atoms with van der Waals surface area (Å²) in [4.78, 5) is 12.0. The molecular weight excluding hydrogens is 252 g/mol. The first-order chi connectivity index (χ1) is 9.54. The molecule has 0 heterocycles. The highest BCUT2D eigenvalue weighted by Gasteiger charge is 2.32. The molecule has 0 spiro atoms. The molecule has 0 aliphatic heterocycles. The lowest BCUT2D eigenvalue weighted by molar-refractivity contribution is -0.115. The average molecular weight is 276 g/mol. The van der Waals surface area contributed by atoms with Crippen LogP contribution in [0, 0.1) is 13.8 Å². The molecule has 1 fully saturated rings. The van der Waals surface area contributed by atoms with E-state index < -0.39 is 0 Å². The summed E-state index contributed by atoms with van der Waals surface area (Å²) in [6, 6.07) is 5.90. The highest BCUT2D eigenvalue weighted by molar-refractivity contribution is 5.92. The average Bonchev–Trinajstić information content (AvgIpc) is 2.90. The molecule has 0 bridgehead atoms. The molecule has 4 nitrogen and oxygen atoms in total. The lowest BCUT2D eigenvalue weighted by Gasteiger charge is -2.27. The third-order valence-corrected chi connectivity index (χ3v) is 4.28. The molecule has 1 amide bonds. The van der Waals surface area contributed by atoms with Crippen LogP contribution < -0.4 is 10.6 Å². The van der Waals surface area contributed by atoms with E-state index in [0.717, 1.165) is 31.4 Å². The highest BCUT2D eigenvalue weighted by atomic mass is 16.3. The van der Waals surface area contributed by atoms with Crippen molar-refractivity contribution in [2.24, 2.45) is 0 Å². The summed E-state index contributed by atoms with van der Waals surface area (Å²) in [5, 5.41) is 15.6. The number of aliphatic hydroxyl groups excluding tert-OH is 1. The highest BCUT2D eigenvalue weighted by Crippen LogP contribution is 2.28. The van der Waals surface area contributed by atoms with Crippen molar-refractivity contribution in [2.75, 3.05) is 18.5 Å². The summed E-state index contributed by atoms with van der Waals surface area (Å²) in [5.41, 5.74) is 2.95. The van der Waals surface area contributed by atoms with Crippen LogP contribution in [0.4, 0.5) is 5.69 Å². The van der Waals surface area contributed by atoms with Crippen LogP contribution in [-0.2, 0) is 4.79 Å². The van der Waals surface area contributed by atoms with Gasteiger partial charge in [0, 0.05) is 11.2 Å². The largest absolute Gasteiger partial charge is 0.394 e. The normalized spacial score (nSPS) is 17.1. The molecule has 1 aliphatic carbocycles. The number of carbonyl (C=O) groups is 1. The summed E-state index contributed by atoms with van der Waals surface area (Å²) < 4.78 is 0. The van der Waals surface area contributed by atoms with E-state index in [9.17, 15) is 9.90 Å². The van der Waals surface area contributed by atoms with Crippen LogP contribution in [0.15, 0.2) is 18.2 Å². The van der Waals surface area contributed by atoms with Crippen LogP contribution >= 0.6 is 0 Å². The molecule has 1 aromatic rings. The number of rotatable bonds is 5. The molecule has 4 heteroatoms. The third kappa shape index (κ3) is 3.58. The van der Waals surface area contributed by atoms with Crippen LogP contribution in [0.5, 0.6) is 0 Å². The van der Waals surface area contributed by atoms with E-state index in [2.05, 4.69) is 10.6 Å². The molecule has 0 aromatic heterocycles. The minimum absolute atomic E-state index is 0.0621. The predicted molar refractivity (Wildman–Crippen MR) is 80.8 cm³/mol. The number of hydrogen-bond donors (Lipinski definition) is 3. The van der Waals surface area contributed by atoms with E-state index in [4.69, 9.17) is 0 Å². The number of anilines is 1. The third-order valence-electron chi connectivity index (χ3n) is 4.28. The number of benzene rings is 1. The number of aliphatic hydroxyl groups is 1. The van der Waals surface area contributed by atoms with Gasteiger partial charge in [0.2, 0.25) is 5.91 Å². The van der Waals surface area contributed by atoms with Crippen LogP contribution in [0.25, 0.3) is 0 Å². The smallest absolute Gasteiger partial charge is 0.238 e. The molecule has 20 heavy (non-hydrogen) atoms. The van der Waals surface area contributed by atoms with Gasteiger partial charge >= 0.3 is 0 Å². The molecule has 0 unspecified atom stereocenters. The maximum atomic E-state index is 12.0. The topological polar surface area (TPSA) is 61.4 Å². The Bertz CT molecular complexity index is 479. The van der Waals surface area contributed by atoms with Gasteiger partial charge in [-0.15, -0.1) is 0 Å². The first-order valence-corrected chi connectivity index (χ1v) is 7.28. The molecule has 0 atom stereocenters. The number of aryl methyl sites for hydroxylation is 2. The van der Waals surface area contributed by atoms with Crippen LogP contribution in [0.3, 0.4) is 0 Å². The summed E-state index contributed by atoms with van der Waals surface area (Å²) in [6.45, 7) is 4.42. The van der Waals surface area contributed by atoms with Crippen molar-refractivity contribution >= 4 is 11.6 Å². The van der Waals surface area contributed by atoms with E-state index in [0.29, 0.717) is 0 Å². The molecule has 110 valence electrons. The molecule has 3 N–H and O–H groups in total. The SMILES string of the molecule is Cc1ccc(NC(=O)CNC2(CO)CCCC2)cc1C. The Labute approximate surface area is 120 Å². The van der Waals surface area contributed by atoms with Crippen molar-refractivity contribution in [1.29, 1.82) is 0 Å². The Morgan fingerprint density at radius 1 is 1.25 bits per heavy atom. The zero-order chi connectivity index (χ0) is 14.6. The summed E-state index contributed by atoms with van der Waals surface area (Å²) >= 11 is 0. The first kappa shape index (κ1) is 15.0. The lowest BCUT2D eigenvalue weighted by atomic mass is 9.99. The molecule has 0 saturated heterocycles. The van der Waals surface area contributed by atoms with Gasteiger partial charge in [0.25, 0.3) is 0 Å². The van der Waals surface area contributed by atoms with Gasteiger partial charge in [-0.1, -0.05) is 18.9 Å². The van der Waals surface area contributed by atoms with E-state index in [1.165, 1.54) is 11.1 Å². The van der Waals surface area contributed by atoms with Gasteiger partial charge in [-0.05, 0) is 49.9 Å². The van der Waals surface area contributed by atoms with Gasteiger partial charge in [-0.2, -0.15) is 0 Å². The number of amides is 1. The van der Waals surface area contributed by atoms with Gasteiger partial charge in [0.05, 0.1) is 13.2 Å². The van der Waals surface area contributed by atoms with Crippen LogP contribution in [-0.4, -0.2) is 29.7 Å². The van der Waals surface area contributed by atoms with Crippen LogP contribution in [0.1, 0.15) is 36.8 Å². The van der Waals surface area contributed by atoms with E-state index in [1.54, 1.807) is 0 Å². The van der Waals surface area contributed by atoms with Crippen molar-refractivity contribution in [2.45, 2.75) is 45.1 Å². The Morgan fingerprint density at radius 2 is 1.95 bits per heavy atom. The molecular formula is C16H24N2O2. The second kappa shape index (κ2) is 6.37. The minimum Gasteiger partial charge on any atom is -0.394 e. The number of hydrogen-bond acceptors (Lipinski definition) is 3. The zero-order valence-electron chi connectivity index (χ0n) is 12.3. The van der Waals surface area contributed by atoms with E-state index in [-0.39, 0.29) is 24.6 Å². The maximum Gasteiger partial charge on any atom is 0.238 e. The number of nitrogens with one attached hydrogen (secondary N) is 2. The fourth-order valence-electron chi connectivity index (χ4n) is 2.73. The summed E-state index contributed by atoms with van der Waals surface area (Å²) in [6.07, 6.45) is 4.12. The van der Waals surface area contributed by atoms with Gasteiger partial charge in [-0.3, -0.25) is 4.79 Å². The molecule has 1 saturated carbocycles.